The fraction of sp³-hybridized carbons (Fsp3) is 0.200. The van der Waals surface area contributed by atoms with Gasteiger partial charge in [0.15, 0.2) is 11.6 Å². The van der Waals surface area contributed by atoms with E-state index in [9.17, 15) is 9.50 Å². The minimum Gasteiger partial charge on any atom is -0.508 e. The monoisotopic (exact) mass is 261 g/mol. The first kappa shape index (κ1) is 13.2. The van der Waals surface area contributed by atoms with Crippen LogP contribution in [0, 0.1) is 5.82 Å². The van der Waals surface area contributed by atoms with E-state index in [1.165, 1.54) is 13.2 Å². The zero-order valence-corrected chi connectivity index (χ0v) is 10.9. The van der Waals surface area contributed by atoms with Gasteiger partial charge in [0.1, 0.15) is 5.75 Å². The highest BCUT2D eigenvalue weighted by Gasteiger charge is 2.09. The Hall–Kier alpha value is -2.23. The summed E-state index contributed by atoms with van der Waals surface area (Å²) in [6.07, 6.45) is 0. The number of ether oxygens (including phenoxy) is 1. The third-order valence-electron chi connectivity index (χ3n) is 2.90. The molecule has 0 amide bonds. The average Bonchev–Trinajstić information content (AvgIpc) is 2.39. The van der Waals surface area contributed by atoms with Gasteiger partial charge < -0.3 is 15.2 Å². The van der Waals surface area contributed by atoms with Gasteiger partial charge in [-0.15, -0.1) is 0 Å². The number of phenols is 1. The van der Waals surface area contributed by atoms with Crippen LogP contribution < -0.4 is 10.1 Å². The van der Waals surface area contributed by atoms with Gasteiger partial charge >= 0.3 is 0 Å². The topological polar surface area (TPSA) is 41.5 Å². The van der Waals surface area contributed by atoms with Gasteiger partial charge in [-0.3, -0.25) is 0 Å². The van der Waals surface area contributed by atoms with Crippen molar-refractivity contribution in [3.8, 4) is 11.5 Å². The molecular weight excluding hydrogens is 245 g/mol. The van der Waals surface area contributed by atoms with E-state index < -0.39 is 0 Å². The standard InChI is InChI=1S/C15H16FNO2/c1-10(17-12-4-3-5-13(18)9-12)11-6-7-14(16)15(8-11)19-2/h3-10,17-18H,1-2H3. The molecule has 0 bridgehead atoms. The maximum absolute atomic E-state index is 13.3. The van der Waals surface area contributed by atoms with E-state index >= 15 is 0 Å². The predicted molar refractivity (Wildman–Crippen MR) is 73.1 cm³/mol. The van der Waals surface area contributed by atoms with Crippen molar-refractivity contribution in [2.45, 2.75) is 13.0 Å². The summed E-state index contributed by atoms with van der Waals surface area (Å²) in [5, 5.41) is 12.6. The van der Waals surface area contributed by atoms with Gasteiger partial charge in [0, 0.05) is 17.8 Å². The predicted octanol–water partition coefficient (Wildman–Crippen LogP) is 3.71. The third kappa shape index (κ3) is 3.16. The number of hydrogen-bond donors (Lipinski definition) is 2. The summed E-state index contributed by atoms with van der Waals surface area (Å²) in [5.74, 6) is 0.0479. The van der Waals surface area contributed by atoms with E-state index in [0.29, 0.717) is 0 Å². The maximum atomic E-state index is 13.3. The molecule has 0 heterocycles. The summed E-state index contributed by atoms with van der Waals surface area (Å²) in [5.41, 5.74) is 1.71. The zero-order chi connectivity index (χ0) is 13.8. The van der Waals surface area contributed by atoms with Crippen LogP contribution in [0.2, 0.25) is 0 Å². The number of halogens is 1. The number of anilines is 1. The summed E-state index contributed by atoms with van der Waals surface area (Å²) in [7, 11) is 1.44. The number of nitrogens with one attached hydrogen (secondary N) is 1. The van der Waals surface area contributed by atoms with E-state index in [0.717, 1.165) is 11.3 Å². The van der Waals surface area contributed by atoms with Crippen molar-refractivity contribution >= 4 is 5.69 Å². The molecule has 0 saturated heterocycles. The molecule has 0 radical (unpaired) electrons. The first-order valence-electron chi connectivity index (χ1n) is 5.99. The second kappa shape index (κ2) is 5.61. The highest BCUT2D eigenvalue weighted by atomic mass is 19.1. The average molecular weight is 261 g/mol. The molecule has 100 valence electrons. The number of hydrogen-bond acceptors (Lipinski definition) is 3. The second-order valence-corrected chi connectivity index (χ2v) is 4.31. The van der Waals surface area contributed by atoms with Crippen LogP contribution in [0.5, 0.6) is 11.5 Å². The molecule has 0 fully saturated rings. The molecule has 0 aliphatic heterocycles. The Balaban J connectivity index is 2.18. The second-order valence-electron chi connectivity index (χ2n) is 4.31. The summed E-state index contributed by atoms with van der Waals surface area (Å²) >= 11 is 0. The van der Waals surface area contributed by atoms with Crippen LogP contribution in [0.25, 0.3) is 0 Å². The van der Waals surface area contributed by atoms with Gasteiger partial charge in [0.05, 0.1) is 7.11 Å². The van der Waals surface area contributed by atoms with Crippen LogP contribution in [0.1, 0.15) is 18.5 Å². The first-order valence-corrected chi connectivity index (χ1v) is 5.99. The van der Waals surface area contributed by atoms with Crippen LogP contribution in [0.3, 0.4) is 0 Å². The van der Waals surface area contributed by atoms with Gasteiger partial charge in [-0.25, -0.2) is 4.39 Å². The fourth-order valence-electron chi connectivity index (χ4n) is 1.87. The van der Waals surface area contributed by atoms with Crippen LogP contribution in [-0.4, -0.2) is 12.2 Å². The molecule has 2 aromatic carbocycles. The van der Waals surface area contributed by atoms with Crippen LogP contribution >= 0.6 is 0 Å². The van der Waals surface area contributed by atoms with Crippen molar-refractivity contribution in [2.24, 2.45) is 0 Å². The largest absolute Gasteiger partial charge is 0.508 e. The van der Waals surface area contributed by atoms with E-state index in [1.807, 2.05) is 13.0 Å². The third-order valence-corrected chi connectivity index (χ3v) is 2.90. The molecule has 2 N–H and O–H groups in total. The number of methoxy groups -OCH3 is 1. The lowest BCUT2D eigenvalue weighted by atomic mass is 10.1. The Labute approximate surface area is 111 Å². The Kier molecular flexibility index (Phi) is 3.90. The van der Waals surface area contributed by atoms with Gasteiger partial charge in [0.2, 0.25) is 0 Å². The molecule has 4 heteroatoms. The molecule has 0 aliphatic carbocycles. The highest BCUT2D eigenvalue weighted by Crippen LogP contribution is 2.26. The molecule has 2 rings (SSSR count). The smallest absolute Gasteiger partial charge is 0.165 e. The highest BCUT2D eigenvalue weighted by molar-refractivity contribution is 5.49. The van der Waals surface area contributed by atoms with Crippen LogP contribution in [0.15, 0.2) is 42.5 Å². The van der Waals surface area contributed by atoms with Gasteiger partial charge in [-0.2, -0.15) is 0 Å². The Bertz CT molecular complexity index is 572. The molecule has 3 nitrogen and oxygen atoms in total. The number of benzene rings is 2. The molecule has 1 unspecified atom stereocenters. The van der Waals surface area contributed by atoms with E-state index in [4.69, 9.17) is 4.74 Å². The maximum Gasteiger partial charge on any atom is 0.165 e. The fourth-order valence-corrected chi connectivity index (χ4v) is 1.87. The molecule has 2 aromatic rings. The van der Waals surface area contributed by atoms with Crippen molar-refractivity contribution in [1.29, 1.82) is 0 Å². The van der Waals surface area contributed by atoms with Crippen molar-refractivity contribution < 1.29 is 14.2 Å². The number of rotatable bonds is 4. The Morgan fingerprint density at radius 1 is 1.21 bits per heavy atom. The lowest BCUT2D eigenvalue weighted by Gasteiger charge is -2.16. The van der Waals surface area contributed by atoms with Crippen LogP contribution in [0.4, 0.5) is 10.1 Å². The quantitative estimate of drug-likeness (QED) is 0.881. The Morgan fingerprint density at radius 2 is 2.00 bits per heavy atom. The molecule has 0 aliphatic rings. The Morgan fingerprint density at radius 3 is 2.68 bits per heavy atom. The summed E-state index contributed by atoms with van der Waals surface area (Å²) in [6, 6.07) is 11.6. The lowest BCUT2D eigenvalue weighted by molar-refractivity contribution is 0.385. The van der Waals surface area contributed by atoms with Gasteiger partial charge in [-0.1, -0.05) is 12.1 Å². The molecule has 0 saturated carbocycles. The van der Waals surface area contributed by atoms with E-state index in [-0.39, 0.29) is 23.4 Å². The molecule has 0 aromatic heterocycles. The molecule has 0 spiro atoms. The summed E-state index contributed by atoms with van der Waals surface area (Å²) < 4.78 is 18.3. The van der Waals surface area contributed by atoms with Crippen molar-refractivity contribution in [3.05, 3.63) is 53.8 Å². The SMILES string of the molecule is COc1cc(C(C)Nc2cccc(O)c2)ccc1F. The van der Waals surface area contributed by atoms with Crippen molar-refractivity contribution in [2.75, 3.05) is 12.4 Å². The van der Waals surface area contributed by atoms with Gasteiger partial charge in [0.25, 0.3) is 0 Å². The number of aromatic hydroxyl groups is 1. The molecule has 1 atom stereocenters. The molecular formula is C15H16FNO2. The van der Waals surface area contributed by atoms with E-state index in [2.05, 4.69) is 5.32 Å². The van der Waals surface area contributed by atoms with Gasteiger partial charge in [-0.05, 0) is 36.8 Å². The number of phenolic OH excluding ortho intramolecular Hbond substituents is 1. The normalized spacial score (nSPS) is 11.9. The summed E-state index contributed by atoms with van der Waals surface area (Å²) in [6.45, 7) is 1.96. The van der Waals surface area contributed by atoms with Crippen molar-refractivity contribution in [1.82, 2.24) is 0 Å². The van der Waals surface area contributed by atoms with E-state index in [1.54, 1.807) is 30.3 Å². The van der Waals surface area contributed by atoms with Crippen molar-refractivity contribution in [3.63, 3.8) is 0 Å². The molecule has 19 heavy (non-hydrogen) atoms. The lowest BCUT2D eigenvalue weighted by Crippen LogP contribution is -2.07. The first-order chi connectivity index (χ1) is 9.10. The summed E-state index contributed by atoms with van der Waals surface area (Å²) in [4.78, 5) is 0. The van der Waals surface area contributed by atoms with Crippen LogP contribution in [-0.2, 0) is 0 Å². The minimum atomic E-state index is -0.379. The minimum absolute atomic E-state index is 0.0312. The zero-order valence-electron chi connectivity index (χ0n) is 10.9.